The summed E-state index contributed by atoms with van der Waals surface area (Å²) in [6, 6.07) is 7.32. The monoisotopic (exact) mass is 453 g/mol. The van der Waals surface area contributed by atoms with Gasteiger partial charge >= 0.3 is 5.97 Å². The molecule has 4 saturated heterocycles. The van der Waals surface area contributed by atoms with Crippen molar-refractivity contribution in [1.82, 2.24) is 15.2 Å². The van der Waals surface area contributed by atoms with Crippen LogP contribution in [0, 0.1) is 11.8 Å². The average Bonchev–Trinajstić information content (AvgIpc) is 3.30. The van der Waals surface area contributed by atoms with Crippen molar-refractivity contribution in [2.75, 3.05) is 20.2 Å². The minimum Gasteiger partial charge on any atom is -0.497 e. The number of aliphatic hydroxyl groups excluding tert-OH is 1. The summed E-state index contributed by atoms with van der Waals surface area (Å²) in [6.45, 7) is 6.07. The molecule has 4 aliphatic rings. The van der Waals surface area contributed by atoms with Gasteiger partial charge in [0.2, 0.25) is 5.91 Å². The van der Waals surface area contributed by atoms with Gasteiger partial charge in [-0.2, -0.15) is 0 Å². The van der Waals surface area contributed by atoms with E-state index in [0.717, 1.165) is 41.7 Å². The number of pyridine rings is 1. The zero-order chi connectivity index (χ0) is 23.5. The van der Waals surface area contributed by atoms with Gasteiger partial charge in [-0.3, -0.25) is 14.7 Å². The van der Waals surface area contributed by atoms with Gasteiger partial charge in [-0.15, -0.1) is 6.58 Å². The fourth-order valence-corrected chi connectivity index (χ4v) is 5.24. The Bertz CT molecular complexity index is 1040. The number of hydrogen-bond donors (Lipinski definition) is 3. The molecule has 4 fully saturated rings. The minimum atomic E-state index is -0.944. The van der Waals surface area contributed by atoms with E-state index in [2.05, 4.69) is 27.9 Å². The van der Waals surface area contributed by atoms with E-state index in [4.69, 9.17) is 9.84 Å². The molecule has 176 valence electrons. The van der Waals surface area contributed by atoms with Crippen molar-refractivity contribution in [3.63, 3.8) is 0 Å². The van der Waals surface area contributed by atoms with Crippen molar-refractivity contribution in [2.24, 2.45) is 11.8 Å². The molecule has 3 N–H and O–H groups in total. The number of fused-ring (bicyclic) bond motifs is 4. The summed E-state index contributed by atoms with van der Waals surface area (Å²) in [6.07, 6.45) is 6.39. The van der Waals surface area contributed by atoms with Crippen LogP contribution >= 0.6 is 0 Å². The highest BCUT2D eigenvalue weighted by Crippen LogP contribution is 2.42. The third kappa shape index (κ3) is 4.86. The lowest BCUT2D eigenvalue weighted by Crippen LogP contribution is -2.54. The van der Waals surface area contributed by atoms with Gasteiger partial charge in [-0.1, -0.05) is 6.08 Å². The van der Waals surface area contributed by atoms with Gasteiger partial charge in [-0.05, 0) is 67.5 Å². The molecule has 0 saturated carbocycles. The van der Waals surface area contributed by atoms with Crippen LogP contribution in [0.5, 0.6) is 5.75 Å². The molecule has 6 rings (SSSR count). The van der Waals surface area contributed by atoms with Crippen LogP contribution in [0.25, 0.3) is 10.9 Å². The molecule has 8 nitrogen and oxygen atoms in total. The maximum atomic E-state index is 11.2. The molecule has 1 aromatic heterocycles. The second kappa shape index (κ2) is 9.89. The summed E-state index contributed by atoms with van der Waals surface area (Å²) >= 11 is 0. The Hall–Kier alpha value is -2.97. The van der Waals surface area contributed by atoms with E-state index >= 15 is 0 Å². The highest BCUT2D eigenvalue weighted by atomic mass is 16.5. The van der Waals surface area contributed by atoms with Crippen LogP contribution in [0.4, 0.5) is 0 Å². The Morgan fingerprint density at radius 1 is 1.36 bits per heavy atom. The zero-order valence-electron chi connectivity index (χ0n) is 18.8. The van der Waals surface area contributed by atoms with Gasteiger partial charge in [-0.25, -0.2) is 4.79 Å². The van der Waals surface area contributed by atoms with Crippen LogP contribution in [-0.4, -0.2) is 64.3 Å². The number of rotatable bonds is 5. The Labute approximate surface area is 193 Å². The molecule has 0 spiro atoms. The fraction of sp³-hybridized carbons (Fsp3) is 0.480. The van der Waals surface area contributed by atoms with Gasteiger partial charge in [0.15, 0.2) is 0 Å². The van der Waals surface area contributed by atoms with Gasteiger partial charge in [0.1, 0.15) is 11.8 Å². The topological polar surface area (TPSA) is 112 Å². The van der Waals surface area contributed by atoms with Gasteiger partial charge < -0.3 is 20.3 Å². The number of nitrogens with zero attached hydrogens (tertiary/aromatic N) is 2. The number of ether oxygens (including phenoxy) is 1. The number of aromatic nitrogens is 1. The van der Waals surface area contributed by atoms with E-state index in [1.807, 2.05) is 24.3 Å². The molecule has 1 amide bonds. The maximum absolute atomic E-state index is 11.2. The summed E-state index contributed by atoms with van der Waals surface area (Å²) in [4.78, 5) is 27.4. The van der Waals surface area contributed by atoms with Gasteiger partial charge in [0, 0.05) is 30.6 Å². The summed E-state index contributed by atoms with van der Waals surface area (Å²) in [5, 5.41) is 22.8. The molecule has 6 atom stereocenters. The smallest absolute Gasteiger partial charge is 0.326 e. The van der Waals surface area contributed by atoms with Crippen molar-refractivity contribution < 1.29 is 24.5 Å². The SMILES string of the molecule is C=CC1CN2CCC1CC2[C@@H](O)c1ccnc2ccc(OC)cc12.O=C1CC[C@@H](C(=O)O)N1. The number of carbonyl (C=O) groups excluding carboxylic acids is 1. The third-order valence-corrected chi connectivity index (χ3v) is 7.11. The van der Waals surface area contributed by atoms with E-state index in [1.54, 1.807) is 13.3 Å². The number of carboxylic acid groups (broad SMARTS) is 1. The second-order valence-corrected chi connectivity index (χ2v) is 8.97. The molecule has 0 radical (unpaired) electrons. The minimum absolute atomic E-state index is 0.164. The number of piperidine rings is 3. The third-order valence-electron chi connectivity index (χ3n) is 7.11. The molecule has 4 aliphatic heterocycles. The lowest BCUT2D eigenvalue weighted by atomic mass is 9.73. The molecule has 0 aliphatic carbocycles. The zero-order valence-corrected chi connectivity index (χ0v) is 18.8. The number of hydrogen-bond acceptors (Lipinski definition) is 6. The molecule has 1 aromatic carbocycles. The van der Waals surface area contributed by atoms with Crippen molar-refractivity contribution in [2.45, 2.75) is 43.9 Å². The predicted octanol–water partition coefficient (Wildman–Crippen LogP) is 2.52. The Morgan fingerprint density at radius 3 is 2.76 bits per heavy atom. The molecule has 2 bridgehead atoms. The largest absolute Gasteiger partial charge is 0.497 e. The molecule has 5 heterocycles. The van der Waals surface area contributed by atoms with Crippen LogP contribution < -0.4 is 10.1 Å². The number of carbonyl (C=O) groups is 2. The van der Waals surface area contributed by atoms with Gasteiger partial charge in [0.05, 0.1) is 18.7 Å². The molecule has 2 aromatic rings. The number of amides is 1. The lowest BCUT2D eigenvalue weighted by Gasteiger charge is -2.50. The van der Waals surface area contributed by atoms with Gasteiger partial charge in [0.25, 0.3) is 0 Å². The van der Waals surface area contributed by atoms with Crippen molar-refractivity contribution >= 4 is 22.8 Å². The first kappa shape index (κ1) is 23.2. The normalized spacial score (nSPS) is 29.0. The van der Waals surface area contributed by atoms with Crippen molar-refractivity contribution in [3.8, 4) is 5.75 Å². The average molecular weight is 454 g/mol. The summed E-state index contributed by atoms with van der Waals surface area (Å²) in [5.74, 6) is 0.899. The van der Waals surface area contributed by atoms with Crippen LogP contribution in [0.15, 0.2) is 43.1 Å². The van der Waals surface area contributed by atoms with E-state index in [-0.39, 0.29) is 11.9 Å². The molecule has 8 heteroatoms. The van der Waals surface area contributed by atoms with Crippen LogP contribution in [-0.2, 0) is 9.59 Å². The summed E-state index contributed by atoms with van der Waals surface area (Å²) in [5.41, 5.74) is 1.85. The first-order valence-electron chi connectivity index (χ1n) is 11.4. The Kier molecular flexibility index (Phi) is 6.95. The molecular formula is C25H31N3O5. The number of aliphatic carboxylic acids is 1. The van der Waals surface area contributed by atoms with E-state index in [0.29, 0.717) is 24.7 Å². The fourth-order valence-electron chi connectivity index (χ4n) is 5.24. The van der Waals surface area contributed by atoms with E-state index in [1.165, 1.54) is 6.42 Å². The summed E-state index contributed by atoms with van der Waals surface area (Å²) in [7, 11) is 1.66. The van der Waals surface area contributed by atoms with Crippen molar-refractivity contribution in [3.05, 3.63) is 48.7 Å². The summed E-state index contributed by atoms with van der Waals surface area (Å²) < 4.78 is 5.35. The quantitative estimate of drug-likeness (QED) is 0.597. The molecule has 33 heavy (non-hydrogen) atoms. The number of aliphatic hydroxyl groups is 1. The second-order valence-electron chi connectivity index (χ2n) is 8.97. The maximum Gasteiger partial charge on any atom is 0.326 e. The number of methoxy groups -OCH3 is 1. The van der Waals surface area contributed by atoms with Crippen molar-refractivity contribution in [1.29, 1.82) is 0 Å². The highest BCUT2D eigenvalue weighted by molar-refractivity contribution is 5.87. The molecular weight excluding hydrogens is 422 g/mol. The predicted molar refractivity (Wildman–Crippen MR) is 124 cm³/mol. The number of benzene rings is 1. The van der Waals surface area contributed by atoms with Crippen LogP contribution in [0.2, 0.25) is 0 Å². The Balaban J connectivity index is 0.000000243. The number of carboxylic acids is 1. The lowest BCUT2D eigenvalue weighted by molar-refractivity contribution is -0.140. The highest BCUT2D eigenvalue weighted by Gasteiger charge is 2.42. The van der Waals surface area contributed by atoms with Crippen LogP contribution in [0.1, 0.15) is 37.4 Å². The molecule has 4 unspecified atom stereocenters. The standard InChI is InChI=1S/C20H24N2O2.C5H7NO3/c1-3-13-12-22-9-7-14(13)10-19(22)20(23)16-6-8-21-18-5-4-15(24-2)11-17(16)18;7-4-2-1-3(6-4)5(8)9/h3-6,8,11,13-14,19-20,23H,1,7,9-10,12H2,2H3;3H,1-2H2,(H,6,7)(H,8,9)/t13?,14?,19?,20-;3-/m00/s1. The van der Waals surface area contributed by atoms with E-state index in [9.17, 15) is 14.7 Å². The number of nitrogens with one attached hydrogen (secondary N) is 1. The first-order valence-corrected chi connectivity index (χ1v) is 11.4. The van der Waals surface area contributed by atoms with E-state index < -0.39 is 18.1 Å². The first-order chi connectivity index (χ1) is 15.9. The van der Waals surface area contributed by atoms with Crippen LogP contribution in [0.3, 0.4) is 0 Å². The Morgan fingerprint density at radius 2 is 2.18 bits per heavy atom.